The summed E-state index contributed by atoms with van der Waals surface area (Å²) in [5, 5.41) is 9.74. The van der Waals surface area contributed by atoms with Crippen molar-refractivity contribution in [1.29, 1.82) is 0 Å². The number of hydrogen-bond donors (Lipinski definition) is 1. The maximum absolute atomic E-state index is 13.0. The maximum Gasteiger partial charge on any atom is 0.331 e. The van der Waals surface area contributed by atoms with Crippen LogP contribution in [0.2, 0.25) is 0 Å². The standard InChI is InChI=1S/C26H33NO3/c1-25-14-12-20-18(19(25)9-10-21(25)24(29)30)8-11-22-26(20,2)15-13-23(28)27(22)16-17-6-4-3-5-7-17/h3-7,10,18-20,22H,8-9,11-16H2,1-2H3,(H,29,30)/t18-,19-,20-,22+,25-,26+/m0/s1. The van der Waals surface area contributed by atoms with Crippen LogP contribution in [-0.2, 0) is 16.1 Å². The smallest absolute Gasteiger partial charge is 0.331 e. The van der Waals surface area contributed by atoms with Crippen LogP contribution in [0, 0.1) is 28.6 Å². The van der Waals surface area contributed by atoms with Crippen molar-refractivity contribution in [3.05, 3.63) is 47.5 Å². The Bertz CT molecular complexity index is 893. The van der Waals surface area contributed by atoms with Crippen molar-refractivity contribution in [2.45, 2.75) is 71.4 Å². The number of carboxylic acids is 1. The highest BCUT2D eigenvalue weighted by molar-refractivity contribution is 5.89. The monoisotopic (exact) mass is 407 g/mol. The molecule has 1 aliphatic heterocycles. The molecule has 4 aliphatic rings. The van der Waals surface area contributed by atoms with Gasteiger partial charge in [-0.05, 0) is 67.3 Å². The van der Waals surface area contributed by atoms with Crippen LogP contribution in [-0.4, -0.2) is 27.9 Å². The molecule has 0 spiro atoms. The Morgan fingerprint density at radius 2 is 1.87 bits per heavy atom. The van der Waals surface area contributed by atoms with Crippen molar-refractivity contribution in [1.82, 2.24) is 4.90 Å². The molecular formula is C26H33NO3. The van der Waals surface area contributed by atoms with Crippen molar-refractivity contribution in [2.75, 3.05) is 0 Å². The van der Waals surface area contributed by atoms with Gasteiger partial charge in [0.2, 0.25) is 5.91 Å². The van der Waals surface area contributed by atoms with Gasteiger partial charge in [0.1, 0.15) is 0 Å². The Labute approximate surface area is 179 Å². The third-order valence-corrected chi connectivity index (χ3v) is 9.40. The summed E-state index contributed by atoms with van der Waals surface area (Å²) >= 11 is 0. The van der Waals surface area contributed by atoms with Gasteiger partial charge < -0.3 is 10.0 Å². The van der Waals surface area contributed by atoms with E-state index in [1.165, 1.54) is 5.56 Å². The second-order valence-corrected chi connectivity index (χ2v) is 10.6. The molecule has 0 radical (unpaired) electrons. The fraction of sp³-hybridized carbons (Fsp3) is 0.615. The minimum Gasteiger partial charge on any atom is -0.478 e. The van der Waals surface area contributed by atoms with Gasteiger partial charge >= 0.3 is 5.97 Å². The number of carbonyl (C=O) groups excluding carboxylic acids is 1. The molecule has 1 aromatic rings. The van der Waals surface area contributed by atoms with Gasteiger partial charge in [0.15, 0.2) is 0 Å². The van der Waals surface area contributed by atoms with Gasteiger partial charge in [0.05, 0.1) is 0 Å². The zero-order chi connectivity index (χ0) is 21.1. The number of benzene rings is 1. The molecule has 30 heavy (non-hydrogen) atoms. The average molecular weight is 408 g/mol. The molecule has 6 atom stereocenters. The Balaban J connectivity index is 1.42. The topological polar surface area (TPSA) is 57.6 Å². The van der Waals surface area contributed by atoms with Crippen molar-refractivity contribution >= 4 is 11.9 Å². The van der Waals surface area contributed by atoms with Gasteiger partial charge in [-0.1, -0.05) is 50.3 Å². The number of amides is 1. The second-order valence-electron chi connectivity index (χ2n) is 10.6. The van der Waals surface area contributed by atoms with Gasteiger partial charge in [0.25, 0.3) is 0 Å². The van der Waals surface area contributed by atoms with E-state index in [2.05, 4.69) is 43.0 Å². The summed E-state index contributed by atoms with van der Waals surface area (Å²) in [7, 11) is 0. The summed E-state index contributed by atoms with van der Waals surface area (Å²) < 4.78 is 0. The number of allylic oxidation sites excluding steroid dienone is 1. The molecule has 1 aromatic carbocycles. The molecule has 0 unspecified atom stereocenters. The summed E-state index contributed by atoms with van der Waals surface area (Å²) in [4.78, 5) is 27.0. The van der Waals surface area contributed by atoms with E-state index in [9.17, 15) is 14.7 Å². The van der Waals surface area contributed by atoms with Crippen molar-refractivity contribution in [3.63, 3.8) is 0 Å². The molecule has 1 saturated heterocycles. The van der Waals surface area contributed by atoms with Crippen LogP contribution in [0.5, 0.6) is 0 Å². The van der Waals surface area contributed by atoms with Gasteiger partial charge in [0, 0.05) is 30.0 Å². The molecule has 3 fully saturated rings. The number of carbonyl (C=O) groups is 2. The number of piperidine rings is 1. The molecule has 3 aliphatic carbocycles. The number of fused-ring (bicyclic) bond motifs is 5. The van der Waals surface area contributed by atoms with E-state index in [1.807, 2.05) is 12.1 Å². The lowest BCUT2D eigenvalue weighted by molar-refractivity contribution is -0.161. The van der Waals surface area contributed by atoms with Crippen LogP contribution in [0.1, 0.15) is 64.4 Å². The number of carboxylic acid groups (broad SMARTS) is 1. The fourth-order valence-electron chi connectivity index (χ4n) is 7.87. The highest BCUT2D eigenvalue weighted by atomic mass is 16.4. The first-order chi connectivity index (χ1) is 14.3. The number of nitrogens with zero attached hydrogens (tertiary/aromatic N) is 1. The Morgan fingerprint density at radius 3 is 2.60 bits per heavy atom. The molecule has 4 heteroatoms. The van der Waals surface area contributed by atoms with E-state index >= 15 is 0 Å². The molecule has 0 bridgehead atoms. The lowest BCUT2D eigenvalue weighted by Gasteiger charge is -2.62. The molecule has 160 valence electrons. The van der Waals surface area contributed by atoms with Gasteiger partial charge in [-0.25, -0.2) is 4.79 Å². The van der Waals surface area contributed by atoms with E-state index in [1.54, 1.807) is 0 Å². The zero-order valence-corrected chi connectivity index (χ0v) is 18.1. The average Bonchev–Trinajstić information content (AvgIpc) is 3.09. The van der Waals surface area contributed by atoms with Gasteiger partial charge in [-0.3, -0.25) is 4.79 Å². The SMILES string of the molecule is C[C@]12CCC(=O)N(Cc3ccccc3)[C@@H]1CC[C@@H]1[C@@H]2CC[C@]2(C)C(C(=O)O)=CC[C@@H]12. The van der Waals surface area contributed by atoms with Crippen LogP contribution in [0.15, 0.2) is 42.0 Å². The molecule has 0 aromatic heterocycles. The Hall–Kier alpha value is -2.10. The molecule has 1 N–H and O–H groups in total. The van der Waals surface area contributed by atoms with Crippen LogP contribution in [0.25, 0.3) is 0 Å². The molecule has 2 saturated carbocycles. The predicted molar refractivity (Wildman–Crippen MR) is 116 cm³/mol. The van der Waals surface area contributed by atoms with Crippen molar-refractivity contribution < 1.29 is 14.7 Å². The van der Waals surface area contributed by atoms with Crippen LogP contribution in [0.3, 0.4) is 0 Å². The molecule has 5 rings (SSSR count). The highest BCUT2D eigenvalue weighted by Gasteiger charge is 2.60. The first kappa shape index (κ1) is 19.8. The molecule has 1 amide bonds. The lowest BCUT2D eigenvalue weighted by Crippen LogP contribution is -2.62. The molecular weight excluding hydrogens is 374 g/mol. The predicted octanol–water partition coefficient (Wildman–Crippen LogP) is 5.04. The third kappa shape index (κ3) is 2.79. The highest BCUT2D eigenvalue weighted by Crippen LogP contribution is 2.64. The van der Waals surface area contributed by atoms with E-state index in [0.717, 1.165) is 38.5 Å². The number of rotatable bonds is 3. The van der Waals surface area contributed by atoms with Crippen LogP contribution < -0.4 is 0 Å². The van der Waals surface area contributed by atoms with Crippen LogP contribution in [0.4, 0.5) is 0 Å². The quantitative estimate of drug-likeness (QED) is 0.763. The Kier molecular flexibility index (Phi) is 4.61. The van der Waals surface area contributed by atoms with E-state index in [-0.39, 0.29) is 10.8 Å². The fourth-order valence-corrected chi connectivity index (χ4v) is 7.87. The Morgan fingerprint density at radius 1 is 1.10 bits per heavy atom. The molecule has 4 nitrogen and oxygen atoms in total. The number of likely N-dealkylation sites (tertiary alicyclic amines) is 1. The normalized spacial score (nSPS) is 40.3. The van der Waals surface area contributed by atoms with Crippen molar-refractivity contribution in [2.24, 2.45) is 28.6 Å². The lowest BCUT2D eigenvalue weighted by atomic mass is 9.47. The number of aliphatic carboxylic acids is 1. The minimum absolute atomic E-state index is 0.138. The summed E-state index contributed by atoms with van der Waals surface area (Å²) in [5.74, 6) is 1.18. The largest absolute Gasteiger partial charge is 0.478 e. The summed E-state index contributed by atoms with van der Waals surface area (Å²) in [6, 6.07) is 10.7. The first-order valence-electron chi connectivity index (χ1n) is 11.6. The number of hydrogen-bond acceptors (Lipinski definition) is 2. The summed E-state index contributed by atoms with van der Waals surface area (Å²) in [6.45, 7) is 5.34. The van der Waals surface area contributed by atoms with E-state index in [0.29, 0.717) is 48.2 Å². The van der Waals surface area contributed by atoms with Crippen LogP contribution >= 0.6 is 0 Å². The van der Waals surface area contributed by atoms with Gasteiger partial charge in [-0.15, -0.1) is 0 Å². The van der Waals surface area contributed by atoms with Gasteiger partial charge in [-0.2, -0.15) is 0 Å². The minimum atomic E-state index is -0.726. The maximum atomic E-state index is 13.0. The zero-order valence-electron chi connectivity index (χ0n) is 18.1. The van der Waals surface area contributed by atoms with E-state index < -0.39 is 5.97 Å². The third-order valence-electron chi connectivity index (χ3n) is 9.40. The summed E-state index contributed by atoms with van der Waals surface area (Å²) in [5.41, 5.74) is 1.82. The first-order valence-corrected chi connectivity index (χ1v) is 11.6. The summed E-state index contributed by atoms with van der Waals surface area (Å²) in [6.07, 6.45) is 8.75. The van der Waals surface area contributed by atoms with E-state index in [4.69, 9.17) is 0 Å². The van der Waals surface area contributed by atoms with Crippen molar-refractivity contribution in [3.8, 4) is 0 Å². The molecule has 1 heterocycles. The second kappa shape index (κ2) is 6.96.